The largest absolute Gasteiger partial charge is 0.377 e. The lowest BCUT2D eigenvalue weighted by Gasteiger charge is -2.01. The second-order valence-corrected chi connectivity index (χ2v) is 3.77. The zero-order valence-electron chi connectivity index (χ0n) is 9.12. The number of nitrogens with one attached hydrogen (secondary N) is 1. The molecule has 0 saturated carbocycles. The number of aromatic amines is 1. The summed E-state index contributed by atoms with van der Waals surface area (Å²) in [6.07, 6.45) is 4.37. The van der Waals surface area contributed by atoms with Gasteiger partial charge in [-0.15, -0.1) is 0 Å². The van der Waals surface area contributed by atoms with Crippen LogP contribution in [0.15, 0.2) is 30.5 Å². The summed E-state index contributed by atoms with van der Waals surface area (Å²) in [7, 11) is 0. The molecule has 2 rings (SSSR count). The highest BCUT2D eigenvalue weighted by atomic mass is 16.5. The molecule has 2 nitrogen and oxygen atoms in total. The Labute approximate surface area is 90.3 Å². The quantitative estimate of drug-likeness (QED) is 0.739. The zero-order chi connectivity index (χ0) is 10.5. The van der Waals surface area contributed by atoms with Gasteiger partial charge in [-0.05, 0) is 12.5 Å². The van der Waals surface area contributed by atoms with E-state index in [2.05, 4.69) is 30.1 Å². The van der Waals surface area contributed by atoms with Gasteiger partial charge in [0.05, 0.1) is 6.61 Å². The first-order chi connectivity index (χ1) is 7.42. The summed E-state index contributed by atoms with van der Waals surface area (Å²) in [4.78, 5) is 3.25. The molecule has 1 heterocycles. The van der Waals surface area contributed by atoms with Gasteiger partial charge in [0.25, 0.3) is 0 Å². The minimum Gasteiger partial charge on any atom is -0.377 e. The van der Waals surface area contributed by atoms with Crippen molar-refractivity contribution < 1.29 is 4.74 Å². The second-order valence-electron chi connectivity index (χ2n) is 3.77. The topological polar surface area (TPSA) is 25.0 Å². The molecule has 0 aliphatic heterocycles. The van der Waals surface area contributed by atoms with Crippen molar-refractivity contribution in [1.29, 1.82) is 0 Å². The highest BCUT2D eigenvalue weighted by Crippen LogP contribution is 2.18. The Balaban J connectivity index is 2.02. The van der Waals surface area contributed by atoms with Crippen molar-refractivity contribution in [3.8, 4) is 0 Å². The van der Waals surface area contributed by atoms with Crippen LogP contribution in [-0.4, -0.2) is 11.6 Å². The summed E-state index contributed by atoms with van der Waals surface area (Å²) in [5, 5.41) is 1.27. The third-order valence-electron chi connectivity index (χ3n) is 2.57. The van der Waals surface area contributed by atoms with E-state index in [4.69, 9.17) is 4.74 Å². The van der Waals surface area contributed by atoms with E-state index in [1.54, 1.807) is 0 Å². The van der Waals surface area contributed by atoms with Crippen LogP contribution in [0.4, 0.5) is 0 Å². The Kier molecular flexibility index (Phi) is 3.41. The van der Waals surface area contributed by atoms with Crippen molar-refractivity contribution in [3.63, 3.8) is 0 Å². The SMILES string of the molecule is CCCCOCc1c[nH]c2ccccc12. The number of fused-ring (bicyclic) bond motifs is 1. The molecule has 15 heavy (non-hydrogen) atoms. The molecule has 80 valence electrons. The lowest BCUT2D eigenvalue weighted by molar-refractivity contribution is 0.119. The first-order valence-corrected chi connectivity index (χ1v) is 5.54. The molecule has 2 heteroatoms. The van der Waals surface area contributed by atoms with E-state index in [1.807, 2.05) is 12.3 Å². The number of H-pyrrole nitrogens is 1. The van der Waals surface area contributed by atoms with Gasteiger partial charge < -0.3 is 9.72 Å². The van der Waals surface area contributed by atoms with Crippen molar-refractivity contribution in [2.24, 2.45) is 0 Å². The highest BCUT2D eigenvalue weighted by Gasteiger charge is 2.01. The molecule has 2 aromatic rings. The van der Waals surface area contributed by atoms with Gasteiger partial charge in [0, 0.05) is 29.3 Å². The summed E-state index contributed by atoms with van der Waals surface area (Å²) in [5.74, 6) is 0. The van der Waals surface area contributed by atoms with Gasteiger partial charge in [-0.3, -0.25) is 0 Å². The van der Waals surface area contributed by atoms with Gasteiger partial charge in [-0.2, -0.15) is 0 Å². The molecule has 1 aromatic carbocycles. The average molecular weight is 203 g/mol. The maximum atomic E-state index is 5.61. The fraction of sp³-hybridized carbons (Fsp3) is 0.385. The predicted octanol–water partition coefficient (Wildman–Crippen LogP) is 3.48. The smallest absolute Gasteiger partial charge is 0.0737 e. The highest BCUT2D eigenvalue weighted by molar-refractivity contribution is 5.82. The maximum Gasteiger partial charge on any atom is 0.0737 e. The standard InChI is InChI=1S/C13H17NO/c1-2-3-8-15-10-11-9-14-13-7-5-4-6-12(11)13/h4-7,9,14H,2-3,8,10H2,1H3. The van der Waals surface area contributed by atoms with Gasteiger partial charge in [-0.1, -0.05) is 31.5 Å². The lowest BCUT2D eigenvalue weighted by atomic mass is 10.2. The lowest BCUT2D eigenvalue weighted by Crippen LogP contribution is -1.93. The van der Waals surface area contributed by atoms with Crippen LogP contribution in [0, 0.1) is 0 Å². The van der Waals surface area contributed by atoms with Crippen LogP contribution in [0.1, 0.15) is 25.3 Å². The minimum absolute atomic E-state index is 0.712. The summed E-state index contributed by atoms with van der Waals surface area (Å²) in [6.45, 7) is 3.75. The van der Waals surface area contributed by atoms with Crippen molar-refractivity contribution in [1.82, 2.24) is 4.98 Å². The number of ether oxygens (including phenoxy) is 1. The second kappa shape index (κ2) is 4.99. The maximum absolute atomic E-state index is 5.61. The number of hydrogen-bond donors (Lipinski definition) is 1. The van der Waals surface area contributed by atoms with Gasteiger partial charge in [0.1, 0.15) is 0 Å². The number of hydrogen-bond acceptors (Lipinski definition) is 1. The normalized spacial score (nSPS) is 11.0. The predicted molar refractivity (Wildman–Crippen MR) is 62.9 cm³/mol. The van der Waals surface area contributed by atoms with Crippen molar-refractivity contribution in [2.45, 2.75) is 26.4 Å². The third kappa shape index (κ3) is 2.39. The van der Waals surface area contributed by atoms with Crippen LogP contribution < -0.4 is 0 Å². The first kappa shape index (κ1) is 10.2. The van der Waals surface area contributed by atoms with Crippen LogP contribution in [0.2, 0.25) is 0 Å². The van der Waals surface area contributed by atoms with Crippen LogP contribution in [0.25, 0.3) is 10.9 Å². The Hall–Kier alpha value is -1.28. The van der Waals surface area contributed by atoms with Crippen molar-refractivity contribution in [3.05, 3.63) is 36.0 Å². The van der Waals surface area contributed by atoms with Crippen LogP contribution >= 0.6 is 0 Å². The third-order valence-corrected chi connectivity index (χ3v) is 2.57. The van der Waals surface area contributed by atoms with E-state index >= 15 is 0 Å². The summed E-state index contributed by atoms with van der Waals surface area (Å²) < 4.78 is 5.61. The number of aromatic nitrogens is 1. The van der Waals surface area contributed by atoms with Crippen molar-refractivity contribution in [2.75, 3.05) is 6.61 Å². The molecule has 1 aromatic heterocycles. The van der Waals surface area contributed by atoms with Crippen molar-refractivity contribution >= 4 is 10.9 Å². The zero-order valence-corrected chi connectivity index (χ0v) is 9.12. The van der Waals surface area contributed by atoms with E-state index in [0.717, 1.165) is 13.0 Å². The van der Waals surface area contributed by atoms with Crippen LogP contribution in [-0.2, 0) is 11.3 Å². The molecule has 0 aliphatic carbocycles. The molecule has 0 spiro atoms. The molecule has 0 fully saturated rings. The fourth-order valence-corrected chi connectivity index (χ4v) is 1.68. The van der Waals surface area contributed by atoms with Crippen LogP contribution in [0.5, 0.6) is 0 Å². The number of benzene rings is 1. The van der Waals surface area contributed by atoms with E-state index in [-0.39, 0.29) is 0 Å². The molecule has 0 unspecified atom stereocenters. The number of rotatable bonds is 5. The molecule has 0 saturated heterocycles. The first-order valence-electron chi connectivity index (χ1n) is 5.54. The van der Waals surface area contributed by atoms with E-state index in [9.17, 15) is 0 Å². The Morgan fingerprint density at radius 3 is 3.00 bits per heavy atom. The van der Waals surface area contributed by atoms with E-state index in [0.29, 0.717) is 6.61 Å². The summed E-state index contributed by atoms with van der Waals surface area (Å²) >= 11 is 0. The van der Waals surface area contributed by atoms with Gasteiger partial charge in [-0.25, -0.2) is 0 Å². The minimum atomic E-state index is 0.712. The molecular weight excluding hydrogens is 186 g/mol. The Bertz CT molecular complexity index is 419. The molecule has 0 atom stereocenters. The monoisotopic (exact) mass is 203 g/mol. The van der Waals surface area contributed by atoms with Gasteiger partial charge >= 0.3 is 0 Å². The molecule has 0 aliphatic rings. The molecule has 0 amide bonds. The molecular formula is C13H17NO. The number of para-hydroxylation sites is 1. The van der Waals surface area contributed by atoms with Crippen LogP contribution in [0.3, 0.4) is 0 Å². The Morgan fingerprint density at radius 1 is 1.27 bits per heavy atom. The van der Waals surface area contributed by atoms with Gasteiger partial charge in [0.2, 0.25) is 0 Å². The van der Waals surface area contributed by atoms with E-state index < -0.39 is 0 Å². The van der Waals surface area contributed by atoms with E-state index in [1.165, 1.54) is 22.9 Å². The Morgan fingerprint density at radius 2 is 2.13 bits per heavy atom. The molecule has 0 radical (unpaired) electrons. The average Bonchev–Trinajstić information content (AvgIpc) is 2.68. The number of unbranched alkanes of at least 4 members (excludes halogenated alkanes) is 1. The summed E-state index contributed by atoms with van der Waals surface area (Å²) in [5.41, 5.74) is 2.44. The molecule has 0 bridgehead atoms. The van der Waals surface area contributed by atoms with Gasteiger partial charge in [0.15, 0.2) is 0 Å². The molecule has 1 N–H and O–H groups in total. The summed E-state index contributed by atoms with van der Waals surface area (Å²) in [6, 6.07) is 8.32. The fourth-order valence-electron chi connectivity index (χ4n) is 1.68.